The Kier molecular flexibility index (Phi) is 3.04. The van der Waals surface area contributed by atoms with E-state index in [1.165, 1.54) is 14.2 Å². The van der Waals surface area contributed by atoms with Gasteiger partial charge in [0.2, 0.25) is 0 Å². The minimum Gasteiger partial charge on any atom is -0.504 e. The maximum Gasteiger partial charge on any atom is 0.338 e. The van der Waals surface area contributed by atoms with Crippen LogP contribution in [0.25, 0.3) is 5.57 Å². The van der Waals surface area contributed by atoms with Crippen LogP contribution in [0.2, 0.25) is 0 Å². The van der Waals surface area contributed by atoms with Gasteiger partial charge >= 0.3 is 5.97 Å². The summed E-state index contributed by atoms with van der Waals surface area (Å²) in [5, 5.41) is 10.0. The zero-order chi connectivity index (χ0) is 12.4. The number of carbonyl (C=O) groups is 1. The fraction of sp³-hybridized carbons (Fsp3) is 0.308. The van der Waals surface area contributed by atoms with Crippen molar-refractivity contribution < 1.29 is 19.4 Å². The standard InChI is InChI=1S/C13H14O4/c1-16-11-7-6-8-9(12(11)14)4-3-5-10(8)13(15)17-2/h5-7,14H,3-4H2,1-2H3. The van der Waals surface area contributed by atoms with Crippen LogP contribution >= 0.6 is 0 Å². The van der Waals surface area contributed by atoms with Crippen molar-refractivity contribution in [1.29, 1.82) is 0 Å². The molecule has 1 aromatic rings. The number of fused-ring (bicyclic) bond motifs is 1. The third-order valence-corrected chi connectivity index (χ3v) is 2.90. The summed E-state index contributed by atoms with van der Waals surface area (Å²) in [5.74, 6) is 0.157. The van der Waals surface area contributed by atoms with Crippen molar-refractivity contribution in [2.45, 2.75) is 12.8 Å². The average Bonchev–Trinajstić information content (AvgIpc) is 2.38. The number of allylic oxidation sites excluding steroid dienone is 1. The van der Waals surface area contributed by atoms with E-state index >= 15 is 0 Å². The fourth-order valence-corrected chi connectivity index (χ4v) is 2.06. The molecule has 90 valence electrons. The summed E-state index contributed by atoms with van der Waals surface area (Å²) < 4.78 is 9.77. The van der Waals surface area contributed by atoms with E-state index in [0.717, 1.165) is 11.1 Å². The van der Waals surface area contributed by atoms with Crippen molar-refractivity contribution in [3.63, 3.8) is 0 Å². The number of ether oxygens (including phenoxy) is 2. The number of methoxy groups -OCH3 is 2. The molecule has 0 aromatic heterocycles. The molecule has 4 heteroatoms. The first-order chi connectivity index (χ1) is 8.19. The first-order valence-electron chi connectivity index (χ1n) is 5.36. The lowest BCUT2D eigenvalue weighted by Gasteiger charge is -2.18. The van der Waals surface area contributed by atoms with Gasteiger partial charge in [0.1, 0.15) is 0 Å². The van der Waals surface area contributed by atoms with Gasteiger partial charge in [-0.2, -0.15) is 0 Å². The number of aromatic hydroxyl groups is 1. The highest BCUT2D eigenvalue weighted by Gasteiger charge is 2.23. The smallest absolute Gasteiger partial charge is 0.338 e. The predicted molar refractivity (Wildman–Crippen MR) is 63.0 cm³/mol. The molecule has 0 saturated heterocycles. The first-order valence-corrected chi connectivity index (χ1v) is 5.36. The number of phenols is 1. The molecule has 4 nitrogen and oxygen atoms in total. The van der Waals surface area contributed by atoms with Gasteiger partial charge in [0.15, 0.2) is 11.5 Å². The van der Waals surface area contributed by atoms with E-state index in [1.54, 1.807) is 12.1 Å². The molecule has 0 unspecified atom stereocenters. The van der Waals surface area contributed by atoms with E-state index in [2.05, 4.69) is 0 Å². The summed E-state index contributed by atoms with van der Waals surface area (Å²) in [5.41, 5.74) is 1.97. The van der Waals surface area contributed by atoms with Gasteiger partial charge in [0.25, 0.3) is 0 Å². The summed E-state index contributed by atoms with van der Waals surface area (Å²) in [6.45, 7) is 0. The zero-order valence-corrected chi connectivity index (χ0v) is 9.82. The lowest BCUT2D eigenvalue weighted by atomic mass is 9.90. The summed E-state index contributed by atoms with van der Waals surface area (Å²) in [6.07, 6.45) is 3.23. The lowest BCUT2D eigenvalue weighted by molar-refractivity contribution is -0.133. The molecule has 0 saturated carbocycles. The number of hydrogen-bond acceptors (Lipinski definition) is 4. The lowest BCUT2D eigenvalue weighted by Crippen LogP contribution is -2.10. The van der Waals surface area contributed by atoms with Crippen LogP contribution in [0.4, 0.5) is 0 Å². The SMILES string of the molecule is COC(=O)C1=CCCc2c1ccc(OC)c2O. The van der Waals surface area contributed by atoms with Gasteiger partial charge in [-0.15, -0.1) is 0 Å². The van der Waals surface area contributed by atoms with E-state index in [4.69, 9.17) is 9.47 Å². The molecule has 0 amide bonds. The second kappa shape index (κ2) is 4.49. The summed E-state index contributed by atoms with van der Waals surface area (Å²) in [6, 6.07) is 3.42. The molecule has 1 N–H and O–H groups in total. The molecule has 0 spiro atoms. The summed E-state index contributed by atoms with van der Waals surface area (Å²) >= 11 is 0. The second-order valence-corrected chi connectivity index (χ2v) is 3.79. The number of hydrogen-bond donors (Lipinski definition) is 1. The van der Waals surface area contributed by atoms with Crippen molar-refractivity contribution in [2.24, 2.45) is 0 Å². The number of phenolic OH excluding ortho intramolecular Hbond substituents is 1. The Balaban J connectivity index is 2.53. The topological polar surface area (TPSA) is 55.8 Å². The van der Waals surface area contributed by atoms with Crippen molar-refractivity contribution in [2.75, 3.05) is 14.2 Å². The van der Waals surface area contributed by atoms with Gasteiger partial charge in [-0.1, -0.05) is 6.08 Å². The van der Waals surface area contributed by atoms with Gasteiger partial charge in [0, 0.05) is 5.56 Å². The Morgan fingerprint density at radius 2 is 2.12 bits per heavy atom. The highest BCUT2D eigenvalue weighted by molar-refractivity contribution is 6.17. The summed E-state index contributed by atoms with van der Waals surface area (Å²) in [4.78, 5) is 11.6. The van der Waals surface area contributed by atoms with Crippen LogP contribution in [0.3, 0.4) is 0 Å². The molecular weight excluding hydrogens is 220 g/mol. The van der Waals surface area contributed by atoms with Crippen LogP contribution in [0.1, 0.15) is 17.5 Å². The molecule has 0 heterocycles. The second-order valence-electron chi connectivity index (χ2n) is 3.79. The van der Waals surface area contributed by atoms with Gasteiger partial charge in [-0.25, -0.2) is 4.79 Å². The number of esters is 1. The quantitative estimate of drug-likeness (QED) is 0.794. The Morgan fingerprint density at radius 3 is 2.76 bits per heavy atom. The zero-order valence-electron chi connectivity index (χ0n) is 9.82. The first kappa shape index (κ1) is 11.5. The molecule has 0 atom stereocenters. The molecule has 1 aliphatic rings. The van der Waals surface area contributed by atoms with Crippen molar-refractivity contribution in [1.82, 2.24) is 0 Å². The molecule has 0 aliphatic heterocycles. The molecule has 2 rings (SSSR count). The Labute approximate surface area is 99.5 Å². The Hall–Kier alpha value is -1.97. The maximum atomic E-state index is 11.6. The summed E-state index contributed by atoms with van der Waals surface area (Å²) in [7, 11) is 2.85. The highest BCUT2D eigenvalue weighted by Crippen LogP contribution is 2.38. The van der Waals surface area contributed by atoms with E-state index in [0.29, 0.717) is 24.2 Å². The molecular formula is C13H14O4. The van der Waals surface area contributed by atoms with Gasteiger partial charge in [-0.3, -0.25) is 0 Å². The van der Waals surface area contributed by atoms with Crippen molar-refractivity contribution in [3.05, 3.63) is 29.3 Å². The number of carbonyl (C=O) groups excluding carboxylic acids is 1. The molecule has 0 bridgehead atoms. The van der Waals surface area contributed by atoms with E-state index in [9.17, 15) is 9.90 Å². The van der Waals surface area contributed by atoms with Gasteiger partial charge in [-0.05, 0) is 30.5 Å². The third kappa shape index (κ3) is 1.86. The third-order valence-electron chi connectivity index (χ3n) is 2.90. The molecule has 0 radical (unpaired) electrons. The molecule has 1 aliphatic carbocycles. The van der Waals surface area contributed by atoms with Crippen LogP contribution in [-0.4, -0.2) is 25.3 Å². The van der Waals surface area contributed by atoms with Crippen LogP contribution in [-0.2, 0) is 16.0 Å². The van der Waals surface area contributed by atoms with Crippen LogP contribution < -0.4 is 4.74 Å². The van der Waals surface area contributed by atoms with E-state index in [1.807, 2.05) is 6.08 Å². The minimum atomic E-state index is -0.379. The highest BCUT2D eigenvalue weighted by atomic mass is 16.5. The van der Waals surface area contributed by atoms with Gasteiger partial charge < -0.3 is 14.6 Å². The predicted octanol–water partition coefficient (Wildman–Crippen LogP) is 1.90. The average molecular weight is 234 g/mol. The number of rotatable bonds is 2. The Morgan fingerprint density at radius 1 is 1.35 bits per heavy atom. The Bertz CT molecular complexity index is 488. The van der Waals surface area contributed by atoms with Crippen molar-refractivity contribution >= 4 is 11.5 Å². The van der Waals surface area contributed by atoms with Crippen LogP contribution in [0.15, 0.2) is 18.2 Å². The normalized spacial score (nSPS) is 13.6. The fourth-order valence-electron chi connectivity index (χ4n) is 2.06. The van der Waals surface area contributed by atoms with E-state index < -0.39 is 0 Å². The largest absolute Gasteiger partial charge is 0.504 e. The molecule has 0 fully saturated rings. The number of benzene rings is 1. The maximum absolute atomic E-state index is 11.6. The van der Waals surface area contributed by atoms with Gasteiger partial charge in [0.05, 0.1) is 19.8 Å². The van der Waals surface area contributed by atoms with Crippen LogP contribution in [0.5, 0.6) is 11.5 Å². The van der Waals surface area contributed by atoms with E-state index in [-0.39, 0.29) is 11.7 Å². The molecule has 1 aromatic carbocycles. The monoisotopic (exact) mass is 234 g/mol. The van der Waals surface area contributed by atoms with Crippen LogP contribution in [0, 0.1) is 0 Å². The molecule has 17 heavy (non-hydrogen) atoms. The minimum absolute atomic E-state index is 0.111. The van der Waals surface area contributed by atoms with Crippen molar-refractivity contribution in [3.8, 4) is 11.5 Å².